The van der Waals surface area contributed by atoms with Crippen LogP contribution in [-0.2, 0) is 4.79 Å². The van der Waals surface area contributed by atoms with Gasteiger partial charge >= 0.3 is 6.03 Å². The molecule has 2 unspecified atom stereocenters. The third-order valence-corrected chi connectivity index (χ3v) is 4.40. The van der Waals surface area contributed by atoms with E-state index < -0.39 is 6.10 Å². The lowest BCUT2D eigenvalue weighted by Crippen LogP contribution is -2.33. The predicted molar refractivity (Wildman–Crippen MR) is 85.4 cm³/mol. The van der Waals surface area contributed by atoms with E-state index in [4.69, 9.17) is 5.11 Å². The van der Waals surface area contributed by atoms with Gasteiger partial charge in [0.25, 0.3) is 5.91 Å². The molecule has 0 radical (unpaired) electrons. The summed E-state index contributed by atoms with van der Waals surface area (Å²) in [6.07, 6.45) is 0.733. The average molecular weight is 319 g/mol. The second-order valence-electron chi connectivity index (χ2n) is 6.03. The number of nitrogens with zero attached hydrogens (tertiary/aromatic N) is 2. The molecule has 3 rings (SSSR count). The minimum Gasteiger partial charge on any atom is -0.394 e. The number of imide groups is 1. The molecule has 124 valence electrons. The van der Waals surface area contributed by atoms with Crippen molar-refractivity contribution in [2.45, 2.75) is 31.9 Å². The number of aliphatic hydroxyl groups excluding tert-OH is 2. The molecule has 23 heavy (non-hydrogen) atoms. The zero-order valence-corrected chi connectivity index (χ0v) is 13.0. The molecule has 0 spiro atoms. The maximum Gasteiger partial charge on any atom is 0.332 e. The number of urea groups is 1. The second-order valence-corrected chi connectivity index (χ2v) is 6.03. The standard InChI is InChI=1S/C16H21N3O4/c1-10-4-5-11(17-8-12(21)9-20)7-14(10)19-15(22)13-3-2-6-18(13)16(19)23/h4-5,7,12-13,17,20-21H,2-3,6,8-9H2,1H3. The van der Waals surface area contributed by atoms with Crippen LogP contribution < -0.4 is 10.2 Å². The average Bonchev–Trinajstić information content (AvgIpc) is 3.11. The lowest BCUT2D eigenvalue weighted by atomic mass is 10.1. The highest BCUT2D eigenvalue weighted by atomic mass is 16.3. The Labute approximate surface area is 134 Å². The lowest BCUT2D eigenvalue weighted by Gasteiger charge is -2.19. The Balaban J connectivity index is 1.84. The van der Waals surface area contributed by atoms with E-state index in [-0.39, 0.29) is 31.1 Å². The van der Waals surface area contributed by atoms with Crippen LogP contribution in [0.5, 0.6) is 0 Å². The third-order valence-electron chi connectivity index (χ3n) is 4.40. The van der Waals surface area contributed by atoms with Crippen LogP contribution in [0.4, 0.5) is 16.2 Å². The van der Waals surface area contributed by atoms with E-state index in [9.17, 15) is 14.7 Å². The maximum atomic E-state index is 12.5. The number of carbonyl (C=O) groups is 2. The first-order valence-corrected chi connectivity index (χ1v) is 7.81. The molecule has 3 amide bonds. The molecule has 2 saturated heterocycles. The summed E-state index contributed by atoms with van der Waals surface area (Å²) in [7, 11) is 0. The normalized spacial score (nSPS) is 21.8. The first kappa shape index (κ1) is 15.8. The molecule has 0 saturated carbocycles. The number of aliphatic hydroxyl groups is 2. The molecule has 2 heterocycles. The highest BCUT2D eigenvalue weighted by Crippen LogP contribution is 2.34. The summed E-state index contributed by atoms with van der Waals surface area (Å²) >= 11 is 0. The van der Waals surface area contributed by atoms with Gasteiger partial charge in [-0.2, -0.15) is 0 Å². The molecule has 7 nitrogen and oxygen atoms in total. The van der Waals surface area contributed by atoms with E-state index in [1.165, 1.54) is 4.90 Å². The van der Waals surface area contributed by atoms with Crippen LogP contribution in [-0.4, -0.2) is 58.9 Å². The highest BCUT2D eigenvalue weighted by molar-refractivity contribution is 6.22. The summed E-state index contributed by atoms with van der Waals surface area (Å²) in [6.45, 7) is 2.35. The highest BCUT2D eigenvalue weighted by Gasteiger charge is 2.48. The number of rotatable bonds is 5. The Morgan fingerprint density at radius 1 is 1.39 bits per heavy atom. The van der Waals surface area contributed by atoms with E-state index >= 15 is 0 Å². The molecular weight excluding hydrogens is 298 g/mol. The summed E-state index contributed by atoms with van der Waals surface area (Å²) in [4.78, 5) is 27.9. The van der Waals surface area contributed by atoms with Gasteiger partial charge in [-0.15, -0.1) is 0 Å². The molecular formula is C16H21N3O4. The first-order chi connectivity index (χ1) is 11.0. The van der Waals surface area contributed by atoms with Crippen molar-refractivity contribution in [1.82, 2.24) is 4.90 Å². The summed E-state index contributed by atoms with van der Waals surface area (Å²) < 4.78 is 0. The zero-order chi connectivity index (χ0) is 16.6. The second kappa shape index (κ2) is 6.17. The number of benzene rings is 1. The van der Waals surface area contributed by atoms with Crippen molar-refractivity contribution in [2.24, 2.45) is 0 Å². The number of aryl methyl sites for hydroxylation is 1. The van der Waals surface area contributed by atoms with Gasteiger partial charge in [-0.25, -0.2) is 9.69 Å². The SMILES string of the molecule is Cc1ccc(NCC(O)CO)cc1N1C(=O)C2CCCN2C1=O. The number of fused-ring (bicyclic) bond motifs is 1. The van der Waals surface area contributed by atoms with Crippen LogP contribution in [0.1, 0.15) is 18.4 Å². The van der Waals surface area contributed by atoms with Crippen LogP contribution in [0.2, 0.25) is 0 Å². The number of amides is 3. The van der Waals surface area contributed by atoms with Crippen molar-refractivity contribution in [3.63, 3.8) is 0 Å². The predicted octanol–water partition coefficient (Wildman–Crippen LogP) is 0.691. The minimum absolute atomic E-state index is 0.164. The van der Waals surface area contributed by atoms with Crippen molar-refractivity contribution < 1.29 is 19.8 Å². The van der Waals surface area contributed by atoms with Crippen molar-refractivity contribution in [3.8, 4) is 0 Å². The largest absolute Gasteiger partial charge is 0.394 e. The monoisotopic (exact) mass is 319 g/mol. The van der Waals surface area contributed by atoms with Gasteiger partial charge in [0, 0.05) is 18.8 Å². The summed E-state index contributed by atoms with van der Waals surface area (Å²) in [5.41, 5.74) is 2.09. The molecule has 0 bridgehead atoms. The topological polar surface area (TPSA) is 93.1 Å². The molecule has 7 heteroatoms. The van der Waals surface area contributed by atoms with Crippen LogP contribution in [0.15, 0.2) is 18.2 Å². The van der Waals surface area contributed by atoms with Gasteiger partial charge in [0.2, 0.25) is 0 Å². The van der Waals surface area contributed by atoms with E-state index in [0.29, 0.717) is 17.9 Å². The zero-order valence-electron chi connectivity index (χ0n) is 13.0. The third kappa shape index (κ3) is 2.77. The van der Waals surface area contributed by atoms with Crippen LogP contribution in [0, 0.1) is 6.92 Å². The summed E-state index contributed by atoms with van der Waals surface area (Å²) in [5.74, 6) is -0.164. The van der Waals surface area contributed by atoms with Crippen molar-refractivity contribution in [3.05, 3.63) is 23.8 Å². The van der Waals surface area contributed by atoms with Gasteiger partial charge in [-0.3, -0.25) is 4.79 Å². The Kier molecular flexibility index (Phi) is 4.23. The molecule has 0 aromatic heterocycles. The van der Waals surface area contributed by atoms with Crippen molar-refractivity contribution in [2.75, 3.05) is 29.9 Å². The molecule has 2 aliphatic rings. The Hall–Kier alpha value is -2.12. The van der Waals surface area contributed by atoms with Crippen LogP contribution in [0.3, 0.4) is 0 Å². The Bertz CT molecular complexity index is 612. The van der Waals surface area contributed by atoms with E-state index in [1.807, 2.05) is 19.1 Å². The van der Waals surface area contributed by atoms with Gasteiger partial charge in [-0.05, 0) is 37.5 Å². The number of nitrogens with one attached hydrogen (secondary N) is 1. The first-order valence-electron chi connectivity index (χ1n) is 7.81. The van der Waals surface area contributed by atoms with Crippen LogP contribution in [0.25, 0.3) is 0 Å². The summed E-state index contributed by atoms with van der Waals surface area (Å²) in [6, 6.07) is 4.79. The Morgan fingerprint density at radius 3 is 2.87 bits per heavy atom. The lowest BCUT2D eigenvalue weighted by molar-refractivity contribution is -0.119. The summed E-state index contributed by atoms with van der Waals surface area (Å²) in [5, 5.41) is 21.3. The molecule has 2 fully saturated rings. The van der Waals surface area contributed by atoms with Crippen LogP contribution >= 0.6 is 0 Å². The molecule has 2 atom stereocenters. The molecule has 2 aliphatic heterocycles. The van der Waals surface area contributed by atoms with E-state index in [1.54, 1.807) is 11.0 Å². The van der Waals surface area contributed by atoms with Gasteiger partial charge in [0.05, 0.1) is 18.4 Å². The maximum absolute atomic E-state index is 12.5. The number of carbonyl (C=O) groups excluding carboxylic acids is 2. The number of anilines is 2. The fourth-order valence-electron chi connectivity index (χ4n) is 3.11. The minimum atomic E-state index is -0.861. The number of hydrogen-bond acceptors (Lipinski definition) is 5. The van der Waals surface area contributed by atoms with Gasteiger partial charge in [0.15, 0.2) is 0 Å². The molecule has 0 aliphatic carbocycles. The van der Waals surface area contributed by atoms with Crippen molar-refractivity contribution in [1.29, 1.82) is 0 Å². The van der Waals surface area contributed by atoms with E-state index in [2.05, 4.69) is 5.32 Å². The van der Waals surface area contributed by atoms with Gasteiger partial charge < -0.3 is 20.4 Å². The van der Waals surface area contributed by atoms with Gasteiger partial charge in [-0.1, -0.05) is 6.07 Å². The molecule has 1 aromatic carbocycles. The molecule has 3 N–H and O–H groups in total. The molecule has 1 aromatic rings. The quantitative estimate of drug-likeness (QED) is 0.695. The Morgan fingerprint density at radius 2 is 2.17 bits per heavy atom. The fourth-order valence-corrected chi connectivity index (χ4v) is 3.11. The number of hydrogen-bond donors (Lipinski definition) is 3. The van der Waals surface area contributed by atoms with E-state index in [0.717, 1.165) is 18.4 Å². The fraction of sp³-hybridized carbons (Fsp3) is 0.500. The van der Waals surface area contributed by atoms with Crippen molar-refractivity contribution >= 4 is 23.3 Å². The van der Waals surface area contributed by atoms with Gasteiger partial charge in [0.1, 0.15) is 6.04 Å². The smallest absolute Gasteiger partial charge is 0.332 e.